The van der Waals surface area contributed by atoms with Gasteiger partial charge in [-0.2, -0.15) is 0 Å². The molecule has 94 valence electrons. The van der Waals surface area contributed by atoms with E-state index in [-0.39, 0.29) is 11.8 Å². The molecule has 1 aliphatic heterocycles. The number of likely N-dealkylation sites (tertiary alicyclic amines) is 1. The Morgan fingerprint density at radius 2 is 2.38 bits per heavy atom. The smallest absolute Gasteiger partial charge is 0.222 e. The summed E-state index contributed by atoms with van der Waals surface area (Å²) in [5.74, 6) is 0.190. The highest BCUT2D eigenvalue weighted by molar-refractivity contribution is 5.78. The fourth-order valence-corrected chi connectivity index (χ4v) is 2.32. The molecule has 1 amide bonds. The van der Waals surface area contributed by atoms with E-state index < -0.39 is 0 Å². The van der Waals surface area contributed by atoms with Gasteiger partial charge in [-0.25, -0.2) is 0 Å². The van der Waals surface area contributed by atoms with E-state index in [1.165, 1.54) is 19.4 Å². The highest BCUT2D eigenvalue weighted by Gasteiger charge is 2.23. The predicted octanol–water partition coefficient (Wildman–Crippen LogP) is 0.572. The Morgan fingerprint density at radius 3 is 3.00 bits per heavy atom. The molecule has 2 atom stereocenters. The summed E-state index contributed by atoms with van der Waals surface area (Å²) >= 11 is 0. The minimum absolute atomic E-state index is 0.0430. The summed E-state index contributed by atoms with van der Waals surface area (Å²) in [4.78, 5) is 14.1. The molecule has 4 heteroatoms. The summed E-state index contributed by atoms with van der Waals surface area (Å²) in [5.41, 5.74) is 5.44. The number of likely N-dealkylation sites (N-methyl/N-ethyl adjacent to an activating group) is 1. The third-order valence-corrected chi connectivity index (χ3v) is 3.46. The van der Waals surface area contributed by atoms with Crippen molar-refractivity contribution in [2.75, 3.05) is 26.2 Å². The molecule has 1 fully saturated rings. The van der Waals surface area contributed by atoms with E-state index in [9.17, 15) is 4.79 Å². The normalized spacial score (nSPS) is 23.3. The average Bonchev–Trinajstić information content (AvgIpc) is 2.73. The topological polar surface area (TPSA) is 58.4 Å². The number of amides is 1. The van der Waals surface area contributed by atoms with Crippen LogP contribution in [-0.2, 0) is 4.79 Å². The lowest BCUT2D eigenvalue weighted by Crippen LogP contribution is -2.41. The van der Waals surface area contributed by atoms with E-state index in [0.717, 1.165) is 19.5 Å². The van der Waals surface area contributed by atoms with Gasteiger partial charge < -0.3 is 11.1 Å². The lowest BCUT2D eigenvalue weighted by Gasteiger charge is -2.23. The second-order valence-corrected chi connectivity index (χ2v) is 4.65. The third-order valence-electron chi connectivity index (χ3n) is 3.46. The monoisotopic (exact) mass is 227 g/mol. The maximum atomic E-state index is 11.7. The molecule has 3 N–H and O–H groups in total. The third kappa shape index (κ3) is 3.76. The largest absolute Gasteiger partial charge is 0.354 e. The van der Waals surface area contributed by atoms with Crippen molar-refractivity contribution in [3.05, 3.63) is 0 Å². The average molecular weight is 227 g/mol. The molecule has 0 spiro atoms. The van der Waals surface area contributed by atoms with Crippen molar-refractivity contribution in [2.24, 2.45) is 11.7 Å². The van der Waals surface area contributed by atoms with Crippen LogP contribution in [0.5, 0.6) is 0 Å². The summed E-state index contributed by atoms with van der Waals surface area (Å²) in [5, 5.41) is 3.04. The second-order valence-electron chi connectivity index (χ2n) is 4.65. The number of hydrogen-bond acceptors (Lipinski definition) is 3. The summed E-state index contributed by atoms with van der Waals surface area (Å²) < 4.78 is 0. The van der Waals surface area contributed by atoms with Crippen molar-refractivity contribution in [3.8, 4) is 0 Å². The number of carbonyl (C=O) groups is 1. The zero-order chi connectivity index (χ0) is 12.0. The van der Waals surface area contributed by atoms with Gasteiger partial charge in [0.1, 0.15) is 0 Å². The summed E-state index contributed by atoms with van der Waals surface area (Å²) in [6.07, 6.45) is 3.24. The van der Waals surface area contributed by atoms with Crippen LogP contribution in [0.3, 0.4) is 0 Å². The Morgan fingerprint density at radius 1 is 1.62 bits per heavy atom. The second kappa shape index (κ2) is 6.86. The summed E-state index contributed by atoms with van der Waals surface area (Å²) in [7, 11) is 0. The molecule has 16 heavy (non-hydrogen) atoms. The molecule has 2 unspecified atom stereocenters. The molecule has 0 aromatic heterocycles. The summed E-state index contributed by atoms with van der Waals surface area (Å²) in [6, 6.07) is 0.541. The number of nitrogens with one attached hydrogen (secondary N) is 1. The lowest BCUT2D eigenvalue weighted by molar-refractivity contribution is -0.124. The van der Waals surface area contributed by atoms with Crippen molar-refractivity contribution < 1.29 is 4.79 Å². The number of carbonyl (C=O) groups excluding carboxylic acids is 1. The molecule has 0 aromatic rings. The molecular weight excluding hydrogens is 202 g/mol. The maximum Gasteiger partial charge on any atom is 0.222 e. The SMILES string of the molecule is CCN1CCCC1CNC(=O)C(C)CCN. The first-order valence-electron chi connectivity index (χ1n) is 6.40. The van der Waals surface area contributed by atoms with Crippen molar-refractivity contribution >= 4 is 5.91 Å². The molecule has 1 aliphatic rings. The number of rotatable bonds is 6. The Bertz CT molecular complexity index is 220. The van der Waals surface area contributed by atoms with Gasteiger partial charge in [-0.3, -0.25) is 9.69 Å². The fraction of sp³-hybridized carbons (Fsp3) is 0.917. The molecule has 0 aromatic carbocycles. The van der Waals surface area contributed by atoms with E-state index >= 15 is 0 Å². The Balaban J connectivity index is 2.25. The van der Waals surface area contributed by atoms with Crippen molar-refractivity contribution in [1.82, 2.24) is 10.2 Å². The molecule has 1 saturated heterocycles. The predicted molar refractivity (Wildman–Crippen MR) is 66.1 cm³/mol. The first-order valence-corrected chi connectivity index (χ1v) is 6.40. The quantitative estimate of drug-likeness (QED) is 0.697. The van der Waals surface area contributed by atoms with Crippen LogP contribution in [0.2, 0.25) is 0 Å². The van der Waals surface area contributed by atoms with Gasteiger partial charge in [0, 0.05) is 18.5 Å². The number of nitrogens with two attached hydrogens (primary N) is 1. The van der Waals surface area contributed by atoms with Crippen LogP contribution in [0.4, 0.5) is 0 Å². The van der Waals surface area contributed by atoms with E-state index in [1.54, 1.807) is 0 Å². The van der Waals surface area contributed by atoms with Crippen LogP contribution in [0.15, 0.2) is 0 Å². The molecule has 1 heterocycles. The van der Waals surface area contributed by atoms with Gasteiger partial charge in [0.2, 0.25) is 5.91 Å². The first kappa shape index (κ1) is 13.5. The Kier molecular flexibility index (Phi) is 5.77. The fourth-order valence-electron chi connectivity index (χ4n) is 2.32. The molecule has 1 rings (SSSR count). The molecular formula is C12H25N3O. The van der Waals surface area contributed by atoms with Crippen LogP contribution in [-0.4, -0.2) is 43.0 Å². The molecule has 0 radical (unpaired) electrons. The number of nitrogens with zero attached hydrogens (tertiary/aromatic N) is 1. The Labute approximate surface area is 98.6 Å². The lowest BCUT2D eigenvalue weighted by atomic mass is 10.1. The van der Waals surface area contributed by atoms with Crippen molar-refractivity contribution in [3.63, 3.8) is 0 Å². The molecule has 0 aliphatic carbocycles. The Hall–Kier alpha value is -0.610. The van der Waals surface area contributed by atoms with E-state index in [4.69, 9.17) is 5.73 Å². The van der Waals surface area contributed by atoms with Gasteiger partial charge in [-0.15, -0.1) is 0 Å². The molecule has 0 saturated carbocycles. The van der Waals surface area contributed by atoms with Crippen LogP contribution < -0.4 is 11.1 Å². The van der Waals surface area contributed by atoms with Crippen molar-refractivity contribution in [2.45, 2.75) is 39.2 Å². The first-order chi connectivity index (χ1) is 7.69. The standard InChI is InChI=1S/C12H25N3O/c1-3-15-8-4-5-11(15)9-14-12(16)10(2)6-7-13/h10-11H,3-9,13H2,1-2H3,(H,14,16). The van der Waals surface area contributed by atoms with Gasteiger partial charge >= 0.3 is 0 Å². The molecule has 4 nitrogen and oxygen atoms in total. The minimum atomic E-state index is 0.0430. The highest BCUT2D eigenvalue weighted by Crippen LogP contribution is 2.15. The zero-order valence-corrected chi connectivity index (χ0v) is 10.5. The minimum Gasteiger partial charge on any atom is -0.354 e. The zero-order valence-electron chi connectivity index (χ0n) is 10.5. The van der Waals surface area contributed by atoms with Crippen LogP contribution >= 0.6 is 0 Å². The van der Waals surface area contributed by atoms with E-state index in [2.05, 4.69) is 17.1 Å². The van der Waals surface area contributed by atoms with Gasteiger partial charge in [0.15, 0.2) is 0 Å². The van der Waals surface area contributed by atoms with Crippen molar-refractivity contribution in [1.29, 1.82) is 0 Å². The van der Waals surface area contributed by atoms with Gasteiger partial charge in [-0.05, 0) is 38.9 Å². The number of hydrogen-bond donors (Lipinski definition) is 2. The van der Waals surface area contributed by atoms with E-state index in [0.29, 0.717) is 12.6 Å². The van der Waals surface area contributed by atoms with Crippen LogP contribution in [0, 0.1) is 5.92 Å². The highest BCUT2D eigenvalue weighted by atomic mass is 16.1. The van der Waals surface area contributed by atoms with Gasteiger partial charge in [0.05, 0.1) is 0 Å². The maximum absolute atomic E-state index is 11.7. The van der Waals surface area contributed by atoms with E-state index in [1.807, 2.05) is 6.92 Å². The van der Waals surface area contributed by atoms with Gasteiger partial charge in [0.25, 0.3) is 0 Å². The molecule has 0 bridgehead atoms. The van der Waals surface area contributed by atoms with Gasteiger partial charge in [-0.1, -0.05) is 13.8 Å². The summed E-state index contributed by atoms with van der Waals surface area (Å²) in [6.45, 7) is 7.75. The van der Waals surface area contributed by atoms with Crippen LogP contribution in [0.25, 0.3) is 0 Å². The van der Waals surface area contributed by atoms with Crippen LogP contribution in [0.1, 0.15) is 33.1 Å².